The van der Waals surface area contributed by atoms with Gasteiger partial charge in [-0.1, -0.05) is 54.5 Å². The van der Waals surface area contributed by atoms with E-state index in [9.17, 15) is 9.18 Å². The van der Waals surface area contributed by atoms with Crippen molar-refractivity contribution in [1.82, 2.24) is 0 Å². The minimum absolute atomic E-state index is 0.0238. The van der Waals surface area contributed by atoms with Gasteiger partial charge in [0.1, 0.15) is 11.6 Å². The number of furan rings is 1. The quantitative estimate of drug-likeness (QED) is 0.463. The molecule has 0 saturated heterocycles. The van der Waals surface area contributed by atoms with E-state index in [0.29, 0.717) is 16.8 Å². The Morgan fingerprint density at radius 1 is 1.13 bits per heavy atom. The molecule has 5 nitrogen and oxygen atoms in total. The fourth-order valence-corrected chi connectivity index (χ4v) is 3.72. The van der Waals surface area contributed by atoms with E-state index in [2.05, 4.69) is 26.1 Å². The smallest absolute Gasteiger partial charge is 0.316 e. The maximum absolute atomic E-state index is 14.2. The molecule has 2 amide bonds. The molecule has 1 aromatic heterocycles. The average molecular weight is 438 g/mol. The molecule has 7 heteroatoms. The van der Waals surface area contributed by atoms with E-state index >= 15 is 0 Å². The van der Waals surface area contributed by atoms with Crippen LogP contribution < -0.4 is 16.2 Å². The molecule has 5 N–H and O–H groups in total. The second-order valence-corrected chi connectivity index (χ2v) is 9.73. The van der Waals surface area contributed by atoms with Crippen molar-refractivity contribution >= 4 is 23.7 Å². The van der Waals surface area contributed by atoms with Crippen LogP contribution in [0.3, 0.4) is 0 Å². The number of halogens is 1. The monoisotopic (exact) mass is 437 g/mol. The highest BCUT2D eigenvalue weighted by atomic mass is 32.2. The summed E-state index contributed by atoms with van der Waals surface area (Å²) in [5, 5.41) is 8.76. The lowest BCUT2D eigenvalue weighted by atomic mass is 9.87. The lowest BCUT2D eigenvalue weighted by Gasteiger charge is -2.21. The summed E-state index contributed by atoms with van der Waals surface area (Å²) in [6, 6.07) is 3.12. The van der Waals surface area contributed by atoms with Crippen LogP contribution in [0.15, 0.2) is 21.6 Å². The first-order chi connectivity index (χ1) is 13.7. The number of hydrogen-bond donors (Lipinski definition) is 3. The second-order valence-electron chi connectivity index (χ2n) is 9.09. The van der Waals surface area contributed by atoms with Crippen LogP contribution in [0.2, 0.25) is 0 Å². The fourth-order valence-electron chi connectivity index (χ4n) is 3.36. The van der Waals surface area contributed by atoms with Gasteiger partial charge in [0.15, 0.2) is 5.09 Å². The molecule has 0 aliphatic heterocycles. The lowest BCUT2D eigenvalue weighted by Crippen LogP contribution is -2.22. The van der Waals surface area contributed by atoms with Crippen molar-refractivity contribution in [2.24, 2.45) is 10.9 Å². The number of carbonyl (C=O) groups is 1. The largest absolute Gasteiger partial charge is 0.454 e. The summed E-state index contributed by atoms with van der Waals surface area (Å²) in [7, 11) is 0. The zero-order chi connectivity index (χ0) is 23.4. The molecule has 168 valence electrons. The number of carbonyl (C=O) groups excluding carboxylic acids is 1. The van der Waals surface area contributed by atoms with Crippen LogP contribution in [-0.4, -0.2) is 6.03 Å². The Bertz CT molecular complexity index is 884. The van der Waals surface area contributed by atoms with E-state index < -0.39 is 6.03 Å². The molecule has 0 unspecified atom stereocenters. The van der Waals surface area contributed by atoms with Crippen LogP contribution in [0.25, 0.3) is 0 Å². The second kappa shape index (κ2) is 10.4. The fraction of sp³-hybridized carbons (Fsp3) is 0.522. The van der Waals surface area contributed by atoms with Gasteiger partial charge in [-0.15, -0.1) is 0 Å². The highest BCUT2D eigenvalue weighted by Gasteiger charge is 2.21. The normalized spacial score (nSPS) is 11.5. The third kappa shape index (κ3) is 6.51. The van der Waals surface area contributed by atoms with Crippen LogP contribution in [0.4, 0.5) is 14.9 Å². The third-order valence-corrected chi connectivity index (χ3v) is 5.21. The molecule has 1 heterocycles. The Kier molecular flexibility index (Phi) is 8.99. The summed E-state index contributed by atoms with van der Waals surface area (Å²) < 4.78 is 19.6. The summed E-state index contributed by atoms with van der Waals surface area (Å²) in [5.74, 6) is 0.862. The molecule has 0 bridgehead atoms. The molecular formula is C23H36FN3O2S. The van der Waals surface area contributed by atoms with Crippen molar-refractivity contribution in [3.05, 3.63) is 46.0 Å². The van der Waals surface area contributed by atoms with Crippen molar-refractivity contribution < 1.29 is 13.6 Å². The van der Waals surface area contributed by atoms with Gasteiger partial charge >= 0.3 is 6.03 Å². The van der Waals surface area contributed by atoms with Crippen molar-refractivity contribution in [1.29, 1.82) is 0 Å². The summed E-state index contributed by atoms with van der Waals surface area (Å²) in [4.78, 5) is 11.1. The van der Waals surface area contributed by atoms with Crippen molar-refractivity contribution in [2.45, 2.75) is 84.7 Å². The molecule has 0 radical (unpaired) electrons. The molecule has 1 aromatic carbocycles. The van der Waals surface area contributed by atoms with Crippen LogP contribution in [0, 0.1) is 19.7 Å². The topological polar surface area (TPSA) is 94.3 Å². The highest BCUT2D eigenvalue weighted by Crippen LogP contribution is 2.36. The number of nitrogens with two attached hydrogens (primary N) is 2. The Morgan fingerprint density at radius 2 is 1.70 bits per heavy atom. The van der Waals surface area contributed by atoms with E-state index in [1.165, 1.54) is 5.56 Å². The van der Waals surface area contributed by atoms with Crippen molar-refractivity contribution in [3.8, 4) is 0 Å². The Balaban J connectivity index is 0.000000325. The van der Waals surface area contributed by atoms with E-state index in [-0.39, 0.29) is 23.1 Å². The molecule has 2 aromatic rings. The summed E-state index contributed by atoms with van der Waals surface area (Å²) in [5.41, 5.74) is 9.11. The number of aryl methyl sites for hydroxylation is 2. The molecule has 0 atom stereocenters. The predicted molar refractivity (Wildman–Crippen MR) is 125 cm³/mol. The number of rotatable bonds is 4. The SMILES string of the molecule is Cc1cc(C(C)C)c(NC(N)=O)c(C(C)C)c1F.Cc1oc(SN)cc1C(C)(C)C. The minimum Gasteiger partial charge on any atom is -0.454 e. The van der Waals surface area contributed by atoms with E-state index in [1.807, 2.05) is 40.7 Å². The van der Waals surface area contributed by atoms with Crippen LogP contribution in [0.1, 0.15) is 88.3 Å². The number of amides is 2. The Morgan fingerprint density at radius 3 is 2.03 bits per heavy atom. The van der Waals surface area contributed by atoms with Gasteiger partial charge in [-0.25, -0.2) is 9.18 Å². The zero-order valence-corrected chi connectivity index (χ0v) is 20.4. The number of nitrogens with one attached hydrogen (secondary N) is 1. The van der Waals surface area contributed by atoms with Gasteiger partial charge in [-0.05, 0) is 65.8 Å². The molecule has 2 rings (SSSR count). The first-order valence-electron chi connectivity index (χ1n) is 10.1. The molecule has 0 aliphatic carbocycles. The minimum atomic E-state index is -0.665. The number of anilines is 1. The van der Waals surface area contributed by atoms with Gasteiger partial charge in [-0.2, -0.15) is 0 Å². The van der Waals surface area contributed by atoms with Crippen LogP contribution >= 0.6 is 11.9 Å². The van der Waals surface area contributed by atoms with Gasteiger partial charge in [0, 0.05) is 5.56 Å². The summed E-state index contributed by atoms with van der Waals surface area (Å²) in [6.07, 6.45) is 0. The third-order valence-electron chi connectivity index (χ3n) is 4.78. The summed E-state index contributed by atoms with van der Waals surface area (Å²) >= 11 is 1.15. The maximum atomic E-state index is 14.2. The first-order valence-corrected chi connectivity index (χ1v) is 11.0. The molecule has 0 saturated carbocycles. The van der Waals surface area contributed by atoms with Crippen molar-refractivity contribution in [3.63, 3.8) is 0 Å². The van der Waals surface area contributed by atoms with E-state index in [1.54, 1.807) is 13.0 Å². The Labute approximate surface area is 184 Å². The van der Waals surface area contributed by atoms with E-state index in [4.69, 9.17) is 15.3 Å². The summed E-state index contributed by atoms with van der Waals surface area (Å²) in [6.45, 7) is 18.0. The lowest BCUT2D eigenvalue weighted by molar-refractivity contribution is 0.259. The first kappa shape index (κ1) is 26.0. The molecular weight excluding hydrogens is 401 g/mol. The van der Waals surface area contributed by atoms with Gasteiger partial charge in [0.05, 0.1) is 5.69 Å². The predicted octanol–water partition coefficient (Wildman–Crippen LogP) is 6.72. The molecule has 0 aliphatic rings. The number of hydrogen-bond acceptors (Lipinski definition) is 4. The van der Waals surface area contributed by atoms with Crippen LogP contribution in [-0.2, 0) is 5.41 Å². The van der Waals surface area contributed by atoms with Gasteiger partial charge < -0.3 is 15.5 Å². The Hall–Kier alpha value is -1.99. The maximum Gasteiger partial charge on any atom is 0.316 e. The van der Waals surface area contributed by atoms with Gasteiger partial charge in [0.25, 0.3) is 0 Å². The molecule has 30 heavy (non-hydrogen) atoms. The number of primary amides is 1. The van der Waals surface area contributed by atoms with Gasteiger partial charge in [-0.3, -0.25) is 5.14 Å². The molecule has 0 spiro atoms. The zero-order valence-electron chi connectivity index (χ0n) is 19.6. The standard InChI is InChI=1S/C14H21FN2O.C9H15NOS/c1-7(2)10-6-9(5)12(15)11(8(3)4)13(10)17-14(16)18;1-6-7(9(2,3)4)5-8(11-6)12-10/h6-8H,1-5H3,(H3,16,17,18);5H,10H2,1-4H3. The number of benzene rings is 1. The van der Waals surface area contributed by atoms with Gasteiger partial charge in [0.2, 0.25) is 0 Å². The average Bonchev–Trinajstić information content (AvgIpc) is 2.99. The molecule has 0 fully saturated rings. The van der Waals surface area contributed by atoms with Crippen molar-refractivity contribution in [2.75, 3.05) is 5.32 Å². The van der Waals surface area contributed by atoms with E-state index in [0.717, 1.165) is 28.4 Å². The number of urea groups is 1. The highest BCUT2D eigenvalue weighted by molar-refractivity contribution is 7.96. The van der Waals surface area contributed by atoms with Crippen LogP contribution in [0.5, 0.6) is 0 Å².